The van der Waals surface area contributed by atoms with Crippen LogP contribution in [0.1, 0.15) is 11.4 Å². The molecule has 0 saturated heterocycles. The van der Waals surface area contributed by atoms with Gasteiger partial charge in [-0.25, -0.2) is 0 Å². The van der Waals surface area contributed by atoms with Gasteiger partial charge in [0.25, 0.3) is 0 Å². The normalized spacial score (nSPS) is 18.7. The van der Waals surface area contributed by atoms with E-state index in [0.717, 1.165) is 33.2 Å². The molecule has 0 aliphatic carbocycles. The summed E-state index contributed by atoms with van der Waals surface area (Å²) in [6, 6.07) is 30.3. The number of rotatable bonds is 2. The average Bonchev–Trinajstić information content (AvgIpc) is 3.35. The van der Waals surface area contributed by atoms with E-state index in [1.54, 1.807) is 4.68 Å². The molecule has 3 aromatic carbocycles. The summed E-state index contributed by atoms with van der Waals surface area (Å²) in [4.78, 5) is 14.1. The minimum atomic E-state index is -4.24. The molecule has 2 aliphatic heterocycles. The molecule has 148 valence electrons. The summed E-state index contributed by atoms with van der Waals surface area (Å²) < 4.78 is 13.1. The maximum absolute atomic E-state index is 14.1. The topological polar surface area (TPSA) is 38.3 Å². The zero-order valence-corrected chi connectivity index (χ0v) is 17.8. The van der Waals surface area contributed by atoms with Crippen LogP contribution in [0.2, 0.25) is 0 Å². The molecule has 0 fully saturated rings. The van der Waals surface area contributed by atoms with E-state index in [1.807, 2.05) is 72.2 Å². The Bertz CT molecular complexity index is 1290. The van der Waals surface area contributed by atoms with Gasteiger partial charge in [-0.15, -0.1) is 0 Å². The number of aromatic nitrogens is 2. The fourth-order valence-corrected chi connectivity index (χ4v) is 12.0. The van der Waals surface area contributed by atoms with Gasteiger partial charge in [-0.1, -0.05) is 0 Å². The molecule has 6 heteroatoms. The Morgan fingerprint density at radius 1 is 0.800 bits per heavy atom. The van der Waals surface area contributed by atoms with Gasteiger partial charge in [-0.3, -0.25) is 0 Å². The third kappa shape index (κ3) is 1.66. The van der Waals surface area contributed by atoms with Crippen LogP contribution in [0.25, 0.3) is 0 Å². The second kappa shape index (κ2) is 5.49. The second-order valence-corrected chi connectivity index (χ2v) is 12.4. The Morgan fingerprint density at radius 2 is 1.37 bits per heavy atom. The van der Waals surface area contributed by atoms with Crippen molar-refractivity contribution >= 4 is 30.0 Å². The number of anilines is 1. The number of para-hydroxylation sites is 2. The number of carbonyl (C=O) groups excluding carboxylic acids is 1. The van der Waals surface area contributed by atoms with Gasteiger partial charge in [0.2, 0.25) is 0 Å². The molecule has 0 bridgehead atoms. The van der Waals surface area contributed by atoms with Crippen LogP contribution in [0.4, 0.5) is 10.5 Å². The number of benzene rings is 3. The van der Waals surface area contributed by atoms with Crippen LogP contribution in [-0.4, -0.2) is 18.6 Å². The Labute approximate surface area is 175 Å². The number of hydrogen-bond acceptors (Lipinski definition) is 2. The first-order chi connectivity index (χ1) is 14.6. The average molecular weight is 412 g/mol. The zero-order chi connectivity index (χ0) is 20.5. The summed E-state index contributed by atoms with van der Waals surface area (Å²) in [5, 5.41) is 2.02. The first kappa shape index (κ1) is 17.2. The van der Waals surface area contributed by atoms with E-state index >= 15 is 0 Å². The van der Waals surface area contributed by atoms with E-state index in [1.165, 1.54) is 0 Å². The zero-order valence-electron chi connectivity index (χ0n) is 16.8. The summed E-state index contributed by atoms with van der Waals surface area (Å²) in [5.74, 6) is 0.740. The molecule has 0 N–H and O–H groups in total. The minimum absolute atomic E-state index is 0.0772. The maximum atomic E-state index is 14.1. The molecule has 1 amide bonds. The third-order valence-electron chi connectivity index (χ3n) is 6.46. The van der Waals surface area contributed by atoms with E-state index in [4.69, 9.17) is 4.43 Å². The van der Waals surface area contributed by atoms with Gasteiger partial charge in [-0.05, 0) is 0 Å². The molecule has 30 heavy (non-hydrogen) atoms. The molecule has 0 atom stereocenters. The molecular weight excluding hydrogens is 390 g/mol. The third-order valence-corrected chi connectivity index (χ3v) is 12.4. The van der Waals surface area contributed by atoms with E-state index in [9.17, 15) is 4.79 Å². The van der Waals surface area contributed by atoms with Gasteiger partial charge in [0.05, 0.1) is 0 Å². The van der Waals surface area contributed by atoms with E-state index in [0.29, 0.717) is 0 Å². The summed E-state index contributed by atoms with van der Waals surface area (Å²) in [6.45, 7) is 4.03. The van der Waals surface area contributed by atoms with Crippen LogP contribution in [0.5, 0.6) is 5.75 Å². The van der Waals surface area contributed by atoms with Crippen LogP contribution >= 0.6 is 0 Å². The molecule has 6 rings (SSSR count). The van der Waals surface area contributed by atoms with E-state index in [-0.39, 0.29) is 6.03 Å². The Morgan fingerprint density at radius 3 is 2.00 bits per heavy atom. The molecular formula is C24H21N3O2Si. The number of nitrogens with zero attached hydrogens (tertiary/aromatic N) is 3. The van der Waals surface area contributed by atoms with Crippen molar-refractivity contribution in [3.05, 3.63) is 102 Å². The van der Waals surface area contributed by atoms with Gasteiger partial charge in [0.15, 0.2) is 0 Å². The predicted octanol–water partition coefficient (Wildman–Crippen LogP) is 2.83. The quantitative estimate of drug-likeness (QED) is 0.476. The standard InChI is InChI=1S/C24H21N3O2Si/c1-18-17-19(2)27-25(18)24(28)26-22-15-9-10-16-23(22)29-30(26,27,20-11-5-3-6-12-20)21-13-7-4-8-14-21/h3-17H,1-2H3. The number of aryl methyl sites for hydroxylation is 2. The molecule has 0 spiro atoms. The first-order valence-electron chi connectivity index (χ1n) is 10.1. The van der Waals surface area contributed by atoms with Crippen LogP contribution in [0, 0.1) is 13.8 Å². The summed E-state index contributed by atoms with van der Waals surface area (Å²) in [7, 11) is -4.24. The van der Waals surface area contributed by atoms with Crippen molar-refractivity contribution in [2.45, 2.75) is 13.8 Å². The van der Waals surface area contributed by atoms with Crippen molar-refractivity contribution in [3.63, 3.8) is 0 Å². The van der Waals surface area contributed by atoms with E-state index in [2.05, 4.69) is 41.6 Å². The van der Waals surface area contributed by atoms with Crippen LogP contribution in [0.15, 0.2) is 91.0 Å². The van der Waals surface area contributed by atoms with Crippen LogP contribution in [0.3, 0.4) is 0 Å². The molecule has 0 unspecified atom stereocenters. The fraction of sp³-hybridized carbons (Fsp3) is 0.0833. The van der Waals surface area contributed by atoms with Crippen LogP contribution < -0.4 is 23.7 Å². The molecule has 5 nitrogen and oxygen atoms in total. The number of fused-ring (bicyclic) bond motifs is 5. The molecule has 0 radical (unpaired) electrons. The molecule has 4 aromatic rings. The summed E-state index contributed by atoms with van der Waals surface area (Å²) in [6.07, 6.45) is 0. The molecule has 2 aliphatic rings. The summed E-state index contributed by atoms with van der Waals surface area (Å²) in [5.41, 5.74) is 2.71. The SMILES string of the molecule is Cc1cc(C)[n+]2n1C(=O)N1c3ccccc3O[Si-]12(c1ccccc1)c1ccccc1. The van der Waals surface area contributed by atoms with Gasteiger partial charge in [0, 0.05) is 0 Å². The van der Waals surface area contributed by atoms with Crippen molar-refractivity contribution in [2.75, 3.05) is 4.57 Å². The predicted molar refractivity (Wildman–Crippen MR) is 118 cm³/mol. The fourth-order valence-electron chi connectivity index (χ4n) is 5.47. The van der Waals surface area contributed by atoms with Crippen LogP contribution in [-0.2, 0) is 0 Å². The van der Waals surface area contributed by atoms with E-state index < -0.39 is 7.92 Å². The number of hydrogen-bond donors (Lipinski definition) is 0. The molecule has 1 aromatic heterocycles. The van der Waals surface area contributed by atoms with Crippen molar-refractivity contribution in [2.24, 2.45) is 0 Å². The van der Waals surface area contributed by atoms with Crippen molar-refractivity contribution in [1.82, 2.24) is 4.68 Å². The van der Waals surface area contributed by atoms with Gasteiger partial charge in [-0.2, -0.15) is 0 Å². The first-order valence-corrected chi connectivity index (χ1v) is 12.4. The van der Waals surface area contributed by atoms with Crippen molar-refractivity contribution < 1.29 is 13.6 Å². The Hall–Kier alpha value is -3.64. The Balaban J connectivity index is 1.90. The summed E-state index contributed by atoms with van der Waals surface area (Å²) >= 11 is 0. The van der Waals surface area contributed by atoms with Crippen molar-refractivity contribution in [3.8, 4) is 5.75 Å². The number of carbonyl (C=O) groups is 1. The van der Waals surface area contributed by atoms with Gasteiger partial charge < -0.3 is 0 Å². The van der Waals surface area contributed by atoms with Gasteiger partial charge >= 0.3 is 175 Å². The molecule has 3 heterocycles. The molecule has 0 saturated carbocycles. The van der Waals surface area contributed by atoms with Gasteiger partial charge in [0.1, 0.15) is 0 Å². The second-order valence-electron chi connectivity index (χ2n) is 8.03. The Kier molecular flexibility index (Phi) is 3.15. The van der Waals surface area contributed by atoms with Crippen molar-refractivity contribution in [1.29, 1.82) is 0 Å². The monoisotopic (exact) mass is 411 g/mol. The number of amides is 1.